The third-order valence-corrected chi connectivity index (χ3v) is 3.73. The van der Waals surface area contributed by atoms with Gasteiger partial charge in [-0.05, 0) is 30.3 Å². The third kappa shape index (κ3) is 4.59. The minimum atomic E-state index is -4.70. The van der Waals surface area contributed by atoms with Gasteiger partial charge in [0, 0.05) is 28.2 Å². The number of benzene rings is 2. The van der Waals surface area contributed by atoms with Gasteiger partial charge < -0.3 is 14.5 Å². The molecule has 0 saturated carbocycles. The lowest BCUT2D eigenvalue weighted by Crippen LogP contribution is -2.20. The Morgan fingerprint density at radius 2 is 1.93 bits per heavy atom. The molecule has 1 N–H and O–H groups in total. The highest BCUT2D eigenvalue weighted by molar-refractivity contribution is 6.30. The molecule has 0 atom stereocenters. The molecule has 0 aliphatic rings. The fourth-order valence-corrected chi connectivity index (χ4v) is 2.57. The van der Waals surface area contributed by atoms with Crippen molar-refractivity contribution < 1.29 is 27.1 Å². The summed E-state index contributed by atoms with van der Waals surface area (Å²) in [5, 5.41) is 2.72. The van der Waals surface area contributed by atoms with Gasteiger partial charge in [-0.25, -0.2) is 4.79 Å². The molecule has 2 aromatic carbocycles. The van der Waals surface area contributed by atoms with Gasteiger partial charge in [0.05, 0.1) is 5.56 Å². The van der Waals surface area contributed by atoms with Crippen LogP contribution in [0, 0.1) is 0 Å². The number of ether oxygens (including phenoxy) is 1. The fraction of sp³-hybridized carbons (Fsp3) is 0.111. The van der Waals surface area contributed by atoms with Crippen molar-refractivity contribution in [2.45, 2.75) is 6.18 Å². The molecule has 0 fully saturated rings. The van der Waals surface area contributed by atoms with Crippen LogP contribution in [0.3, 0.4) is 0 Å². The van der Waals surface area contributed by atoms with E-state index in [1.54, 1.807) is 24.3 Å². The second-order valence-electron chi connectivity index (χ2n) is 5.48. The van der Waals surface area contributed by atoms with Crippen LogP contribution in [-0.4, -0.2) is 12.5 Å². The highest BCUT2D eigenvalue weighted by Gasteiger charge is 2.33. The van der Waals surface area contributed by atoms with E-state index in [1.807, 2.05) is 0 Å². The van der Waals surface area contributed by atoms with Crippen LogP contribution >= 0.6 is 11.6 Å². The second kappa shape index (κ2) is 7.32. The molecule has 3 aromatic rings. The first-order chi connectivity index (χ1) is 12.7. The first kappa shape index (κ1) is 18.8. The second-order valence-corrected chi connectivity index (χ2v) is 5.92. The predicted octanol–water partition coefficient (Wildman–Crippen LogP) is 4.48. The lowest BCUT2D eigenvalue weighted by atomic mass is 10.1. The molecule has 0 bridgehead atoms. The Morgan fingerprint density at radius 3 is 2.63 bits per heavy atom. The lowest BCUT2D eigenvalue weighted by molar-refractivity contribution is -0.136. The summed E-state index contributed by atoms with van der Waals surface area (Å²) in [6.45, 7) is -0.402. The van der Waals surface area contributed by atoms with Crippen molar-refractivity contribution in [1.29, 1.82) is 0 Å². The number of fused-ring (bicyclic) bond motifs is 1. The van der Waals surface area contributed by atoms with Crippen LogP contribution in [0.4, 0.5) is 18.9 Å². The van der Waals surface area contributed by atoms with Gasteiger partial charge in [-0.15, -0.1) is 0 Å². The van der Waals surface area contributed by atoms with E-state index in [4.69, 9.17) is 20.8 Å². The average molecular weight is 398 g/mol. The van der Waals surface area contributed by atoms with Crippen molar-refractivity contribution in [2.75, 3.05) is 11.9 Å². The molecule has 0 saturated heterocycles. The summed E-state index contributed by atoms with van der Waals surface area (Å²) in [5.74, 6) is -0.422. The Labute approximate surface area is 155 Å². The average Bonchev–Trinajstić information content (AvgIpc) is 2.58. The maximum atomic E-state index is 13.0. The molecule has 1 amide bonds. The number of amides is 1. The topological polar surface area (TPSA) is 68.5 Å². The predicted molar refractivity (Wildman–Crippen MR) is 93.1 cm³/mol. The Morgan fingerprint density at radius 1 is 1.15 bits per heavy atom. The molecule has 3 rings (SSSR count). The molecule has 0 radical (unpaired) electrons. The number of carbonyl (C=O) groups is 1. The standard InChI is InChI=1S/C18H11ClF3NO4/c19-10-2-1-3-11(6-10)23-16(24)9-26-12-4-5-13-14(18(20,21)22)8-17(25)27-15(13)7-12/h1-8H,9H2,(H,23,24). The van der Waals surface area contributed by atoms with Gasteiger partial charge in [0.25, 0.3) is 5.91 Å². The normalized spacial score (nSPS) is 11.4. The summed E-state index contributed by atoms with van der Waals surface area (Å²) in [7, 11) is 0. The zero-order valence-corrected chi connectivity index (χ0v) is 14.2. The van der Waals surface area contributed by atoms with Gasteiger partial charge in [-0.3, -0.25) is 4.79 Å². The quantitative estimate of drug-likeness (QED) is 0.659. The molecule has 1 heterocycles. The van der Waals surface area contributed by atoms with Gasteiger partial charge in [0.2, 0.25) is 0 Å². The summed E-state index contributed by atoms with van der Waals surface area (Å²) in [4.78, 5) is 23.3. The van der Waals surface area contributed by atoms with Crippen LogP contribution in [0.25, 0.3) is 11.0 Å². The number of carbonyl (C=O) groups excluding carboxylic acids is 1. The number of hydrogen-bond donors (Lipinski definition) is 1. The van der Waals surface area contributed by atoms with Crippen LogP contribution in [-0.2, 0) is 11.0 Å². The number of rotatable bonds is 4. The van der Waals surface area contributed by atoms with Crippen LogP contribution in [0.2, 0.25) is 5.02 Å². The van der Waals surface area contributed by atoms with Crippen LogP contribution < -0.4 is 15.7 Å². The maximum absolute atomic E-state index is 13.0. The first-order valence-electron chi connectivity index (χ1n) is 7.56. The molecular formula is C18H11ClF3NO4. The molecule has 0 unspecified atom stereocenters. The first-order valence-corrected chi connectivity index (χ1v) is 7.93. The van der Waals surface area contributed by atoms with Crippen LogP contribution in [0.1, 0.15) is 5.56 Å². The smallest absolute Gasteiger partial charge is 0.417 e. The summed E-state index contributed by atoms with van der Waals surface area (Å²) >= 11 is 5.82. The van der Waals surface area contributed by atoms with Crippen LogP contribution in [0.5, 0.6) is 5.75 Å². The number of anilines is 1. The Balaban J connectivity index is 1.76. The fourth-order valence-electron chi connectivity index (χ4n) is 2.38. The largest absolute Gasteiger partial charge is 0.484 e. The summed E-state index contributed by atoms with van der Waals surface area (Å²) < 4.78 is 49.1. The number of nitrogens with one attached hydrogen (secondary N) is 1. The zero-order chi connectivity index (χ0) is 19.6. The lowest BCUT2D eigenvalue weighted by Gasteiger charge is -2.11. The van der Waals surface area contributed by atoms with E-state index >= 15 is 0 Å². The molecule has 5 nitrogen and oxygen atoms in total. The van der Waals surface area contributed by atoms with E-state index in [-0.39, 0.29) is 16.7 Å². The molecule has 0 aliphatic heterocycles. The summed E-state index contributed by atoms with van der Waals surface area (Å²) in [6.07, 6.45) is -4.70. The number of hydrogen-bond acceptors (Lipinski definition) is 4. The van der Waals surface area contributed by atoms with Crippen molar-refractivity contribution in [2.24, 2.45) is 0 Å². The van der Waals surface area contributed by atoms with Crippen LogP contribution in [0.15, 0.2) is 57.7 Å². The Bertz CT molecular complexity index is 1060. The molecule has 27 heavy (non-hydrogen) atoms. The molecule has 0 aliphatic carbocycles. The zero-order valence-electron chi connectivity index (χ0n) is 13.5. The van der Waals surface area contributed by atoms with Crippen molar-refractivity contribution >= 4 is 34.2 Å². The number of halogens is 4. The van der Waals surface area contributed by atoms with Gasteiger partial charge in [0.15, 0.2) is 6.61 Å². The van der Waals surface area contributed by atoms with E-state index in [0.29, 0.717) is 16.8 Å². The van der Waals surface area contributed by atoms with Crippen molar-refractivity contribution in [3.8, 4) is 5.75 Å². The molecule has 1 aromatic heterocycles. The molecule has 9 heteroatoms. The minimum absolute atomic E-state index is 0.0752. The van der Waals surface area contributed by atoms with Gasteiger partial charge in [0.1, 0.15) is 11.3 Å². The van der Waals surface area contributed by atoms with E-state index < -0.39 is 29.9 Å². The van der Waals surface area contributed by atoms with Gasteiger partial charge >= 0.3 is 11.8 Å². The van der Waals surface area contributed by atoms with Crippen molar-refractivity contribution in [3.05, 3.63) is 69.5 Å². The van der Waals surface area contributed by atoms with Gasteiger partial charge in [-0.1, -0.05) is 17.7 Å². The highest BCUT2D eigenvalue weighted by Crippen LogP contribution is 2.34. The van der Waals surface area contributed by atoms with E-state index in [0.717, 1.165) is 12.1 Å². The van der Waals surface area contributed by atoms with Gasteiger partial charge in [-0.2, -0.15) is 13.2 Å². The van der Waals surface area contributed by atoms with Crippen molar-refractivity contribution in [1.82, 2.24) is 0 Å². The van der Waals surface area contributed by atoms with E-state index in [9.17, 15) is 22.8 Å². The maximum Gasteiger partial charge on any atom is 0.417 e. The third-order valence-electron chi connectivity index (χ3n) is 3.50. The molecule has 140 valence electrons. The van der Waals surface area contributed by atoms with Crippen molar-refractivity contribution in [3.63, 3.8) is 0 Å². The highest BCUT2D eigenvalue weighted by atomic mass is 35.5. The number of alkyl halides is 3. The monoisotopic (exact) mass is 397 g/mol. The Kier molecular flexibility index (Phi) is 5.09. The molecular weight excluding hydrogens is 387 g/mol. The Hall–Kier alpha value is -3.00. The van der Waals surface area contributed by atoms with E-state index in [2.05, 4.69) is 5.32 Å². The summed E-state index contributed by atoms with van der Waals surface area (Å²) in [5.41, 5.74) is -2.05. The summed E-state index contributed by atoms with van der Waals surface area (Å²) in [6, 6.07) is 10.4. The minimum Gasteiger partial charge on any atom is -0.484 e. The van der Waals surface area contributed by atoms with E-state index in [1.165, 1.54) is 6.07 Å². The molecule has 0 spiro atoms. The SMILES string of the molecule is O=C(COc1ccc2c(C(F)(F)F)cc(=O)oc2c1)Nc1cccc(Cl)c1.